The van der Waals surface area contributed by atoms with Gasteiger partial charge in [-0.3, -0.25) is 9.52 Å². The molecular formula is C20H23BrN2O5S. The molecule has 1 amide bonds. The summed E-state index contributed by atoms with van der Waals surface area (Å²) in [4.78, 5) is 25.9. The number of ether oxygens (including phenoxy) is 1. The van der Waals surface area contributed by atoms with Gasteiger partial charge in [0.05, 0.1) is 12.2 Å². The molecular weight excluding hydrogens is 460 g/mol. The Morgan fingerprint density at radius 1 is 1.03 bits per heavy atom. The fourth-order valence-electron chi connectivity index (χ4n) is 2.68. The number of carbonyl (C=O) groups is 2. The molecule has 9 heteroatoms. The summed E-state index contributed by atoms with van der Waals surface area (Å²) in [6.45, 7) is 6.79. The van der Waals surface area contributed by atoms with Crippen LogP contribution < -0.4 is 4.72 Å². The molecule has 0 aromatic heterocycles. The predicted molar refractivity (Wildman–Crippen MR) is 115 cm³/mol. The second kappa shape index (κ2) is 9.89. The topological polar surface area (TPSA) is 92.8 Å². The number of nitrogens with one attached hydrogen (secondary N) is 1. The molecule has 0 bridgehead atoms. The Labute approximate surface area is 179 Å². The monoisotopic (exact) mass is 482 g/mol. The summed E-state index contributed by atoms with van der Waals surface area (Å²) in [5, 5.41) is 0. The van der Waals surface area contributed by atoms with Crippen molar-refractivity contribution < 1.29 is 22.7 Å². The van der Waals surface area contributed by atoms with Crippen LogP contribution in [0, 0.1) is 0 Å². The van der Waals surface area contributed by atoms with Gasteiger partial charge in [0.25, 0.3) is 15.9 Å². The van der Waals surface area contributed by atoms with E-state index in [2.05, 4.69) is 20.7 Å². The highest BCUT2D eigenvalue weighted by atomic mass is 79.9. The minimum Gasteiger partial charge on any atom is -0.462 e. The number of esters is 1. The highest BCUT2D eigenvalue weighted by molar-refractivity contribution is 9.10. The van der Waals surface area contributed by atoms with Crippen LogP contribution in [0.2, 0.25) is 0 Å². The van der Waals surface area contributed by atoms with Crippen LogP contribution in [0.4, 0.5) is 5.69 Å². The van der Waals surface area contributed by atoms with Crippen LogP contribution in [0.3, 0.4) is 0 Å². The van der Waals surface area contributed by atoms with Crippen molar-refractivity contribution >= 4 is 43.5 Å². The van der Waals surface area contributed by atoms with Crippen LogP contribution in [-0.4, -0.2) is 44.9 Å². The van der Waals surface area contributed by atoms with E-state index in [0.717, 1.165) is 0 Å². The summed E-state index contributed by atoms with van der Waals surface area (Å²) in [5.74, 6) is -0.705. The second-order valence-electron chi connectivity index (χ2n) is 6.03. The lowest BCUT2D eigenvalue weighted by atomic mass is 10.2. The number of nitrogens with zero attached hydrogens (tertiary/aromatic N) is 1. The second-order valence-corrected chi connectivity index (χ2v) is 8.53. The van der Waals surface area contributed by atoms with Gasteiger partial charge in [0.2, 0.25) is 0 Å². The molecule has 0 unspecified atom stereocenters. The van der Waals surface area contributed by atoms with E-state index < -0.39 is 16.0 Å². The van der Waals surface area contributed by atoms with Gasteiger partial charge >= 0.3 is 5.97 Å². The summed E-state index contributed by atoms with van der Waals surface area (Å²) in [5.41, 5.74) is 0.902. The SMILES string of the molecule is CCOC(=O)c1ccc(S(=O)(=O)Nc2cccc(C(=O)N(CC)CC)c2)c(Br)c1. The average molecular weight is 483 g/mol. The molecule has 0 heterocycles. The molecule has 0 spiro atoms. The third-order valence-corrected chi connectivity index (χ3v) is 6.50. The average Bonchev–Trinajstić information content (AvgIpc) is 2.68. The number of hydrogen-bond acceptors (Lipinski definition) is 5. The van der Waals surface area contributed by atoms with Gasteiger partial charge in [-0.25, -0.2) is 13.2 Å². The third-order valence-electron chi connectivity index (χ3n) is 4.14. The Balaban J connectivity index is 2.29. The first kappa shape index (κ1) is 22.9. The molecule has 0 aliphatic rings. The zero-order valence-corrected chi connectivity index (χ0v) is 18.8. The van der Waals surface area contributed by atoms with Crippen molar-refractivity contribution in [2.24, 2.45) is 0 Å². The molecule has 2 aromatic rings. The zero-order chi connectivity index (χ0) is 21.6. The van der Waals surface area contributed by atoms with Crippen LogP contribution in [0.25, 0.3) is 0 Å². The Kier molecular flexibility index (Phi) is 7.80. The number of sulfonamides is 1. The van der Waals surface area contributed by atoms with Gasteiger partial charge in [-0.1, -0.05) is 6.07 Å². The number of hydrogen-bond donors (Lipinski definition) is 1. The van der Waals surface area contributed by atoms with Crippen molar-refractivity contribution in [3.63, 3.8) is 0 Å². The van der Waals surface area contributed by atoms with Crippen LogP contribution in [0.15, 0.2) is 51.8 Å². The molecule has 2 aromatic carbocycles. The molecule has 156 valence electrons. The highest BCUT2D eigenvalue weighted by Gasteiger charge is 2.21. The molecule has 0 saturated heterocycles. The summed E-state index contributed by atoms with van der Waals surface area (Å²) in [7, 11) is -3.95. The van der Waals surface area contributed by atoms with Gasteiger partial charge in [0.1, 0.15) is 4.90 Å². The minimum absolute atomic E-state index is 0.0361. The maximum Gasteiger partial charge on any atom is 0.338 e. The van der Waals surface area contributed by atoms with Crippen molar-refractivity contribution in [3.05, 3.63) is 58.1 Å². The molecule has 0 atom stereocenters. The lowest BCUT2D eigenvalue weighted by molar-refractivity contribution is 0.0526. The van der Waals surface area contributed by atoms with E-state index in [0.29, 0.717) is 18.7 Å². The summed E-state index contributed by atoms with van der Waals surface area (Å²) in [6.07, 6.45) is 0. The lowest BCUT2D eigenvalue weighted by Gasteiger charge is -2.19. The molecule has 7 nitrogen and oxygen atoms in total. The Bertz CT molecular complexity index is 1000. The first-order chi connectivity index (χ1) is 13.7. The van der Waals surface area contributed by atoms with E-state index in [-0.39, 0.29) is 33.1 Å². The summed E-state index contributed by atoms with van der Waals surface area (Å²) in [6, 6.07) is 10.4. The highest BCUT2D eigenvalue weighted by Crippen LogP contribution is 2.26. The van der Waals surface area contributed by atoms with Gasteiger partial charge in [0.15, 0.2) is 0 Å². The van der Waals surface area contributed by atoms with Crippen molar-refractivity contribution in [3.8, 4) is 0 Å². The molecule has 0 aliphatic heterocycles. The number of benzene rings is 2. The van der Waals surface area contributed by atoms with E-state index in [1.54, 1.807) is 30.0 Å². The van der Waals surface area contributed by atoms with E-state index >= 15 is 0 Å². The summed E-state index contributed by atoms with van der Waals surface area (Å²) < 4.78 is 33.2. The first-order valence-corrected chi connectivity index (χ1v) is 11.4. The smallest absolute Gasteiger partial charge is 0.338 e. The van der Waals surface area contributed by atoms with Crippen LogP contribution in [-0.2, 0) is 14.8 Å². The van der Waals surface area contributed by atoms with Crippen LogP contribution in [0.5, 0.6) is 0 Å². The van der Waals surface area contributed by atoms with Crippen molar-refractivity contribution in [1.82, 2.24) is 4.90 Å². The number of halogens is 1. The molecule has 0 fully saturated rings. The fraction of sp³-hybridized carbons (Fsp3) is 0.300. The third kappa shape index (κ3) is 5.57. The predicted octanol–water partition coefficient (Wildman–Crippen LogP) is 3.91. The quantitative estimate of drug-likeness (QED) is 0.575. The minimum atomic E-state index is -3.95. The van der Waals surface area contributed by atoms with E-state index in [1.165, 1.54) is 24.3 Å². The van der Waals surface area contributed by atoms with Gasteiger partial charge in [0, 0.05) is 28.8 Å². The van der Waals surface area contributed by atoms with E-state index in [9.17, 15) is 18.0 Å². The Hall–Kier alpha value is -2.39. The van der Waals surface area contributed by atoms with Crippen LogP contribution in [0.1, 0.15) is 41.5 Å². The maximum absolute atomic E-state index is 12.8. The molecule has 0 aliphatic carbocycles. The van der Waals surface area contributed by atoms with Gasteiger partial charge < -0.3 is 9.64 Å². The molecule has 0 radical (unpaired) electrons. The largest absolute Gasteiger partial charge is 0.462 e. The molecule has 29 heavy (non-hydrogen) atoms. The summed E-state index contributed by atoms with van der Waals surface area (Å²) >= 11 is 3.20. The van der Waals surface area contributed by atoms with Crippen molar-refractivity contribution in [2.45, 2.75) is 25.7 Å². The first-order valence-electron chi connectivity index (χ1n) is 9.12. The van der Waals surface area contributed by atoms with Crippen LogP contribution >= 0.6 is 15.9 Å². The van der Waals surface area contributed by atoms with Crippen molar-refractivity contribution in [1.29, 1.82) is 0 Å². The number of rotatable bonds is 8. The van der Waals surface area contributed by atoms with Crippen molar-refractivity contribution in [2.75, 3.05) is 24.4 Å². The number of amides is 1. The number of carbonyl (C=O) groups excluding carboxylic acids is 2. The number of anilines is 1. The van der Waals surface area contributed by atoms with Gasteiger partial charge in [-0.15, -0.1) is 0 Å². The molecule has 0 saturated carbocycles. The normalized spacial score (nSPS) is 11.0. The standard InChI is InChI=1S/C20H23BrN2O5S/c1-4-23(5-2)19(24)14-8-7-9-16(12-14)22-29(26,27)18-11-10-15(13-17(18)21)20(25)28-6-3/h7-13,22H,4-6H2,1-3H3. The van der Waals surface area contributed by atoms with Gasteiger partial charge in [-0.2, -0.15) is 0 Å². The maximum atomic E-state index is 12.8. The fourth-order valence-corrected chi connectivity index (χ4v) is 4.81. The van der Waals surface area contributed by atoms with E-state index in [1.807, 2.05) is 13.8 Å². The zero-order valence-electron chi connectivity index (χ0n) is 16.4. The molecule has 2 rings (SSSR count). The van der Waals surface area contributed by atoms with E-state index in [4.69, 9.17) is 4.74 Å². The lowest BCUT2D eigenvalue weighted by Crippen LogP contribution is -2.30. The Morgan fingerprint density at radius 2 is 1.72 bits per heavy atom. The molecule has 1 N–H and O–H groups in total. The Morgan fingerprint density at radius 3 is 2.31 bits per heavy atom. The van der Waals surface area contributed by atoms with Gasteiger partial charge in [-0.05, 0) is 73.1 Å².